The molecule has 140 valence electrons. The number of benzene rings is 1. The first-order chi connectivity index (χ1) is 11.3. The molecule has 0 aliphatic heterocycles. The van der Waals surface area contributed by atoms with Crippen molar-refractivity contribution in [1.82, 2.24) is 15.6 Å². The van der Waals surface area contributed by atoms with Crippen LogP contribution in [0.3, 0.4) is 0 Å². The van der Waals surface area contributed by atoms with Gasteiger partial charge in [0.05, 0.1) is 12.8 Å². The zero-order valence-corrected chi connectivity index (χ0v) is 15.8. The van der Waals surface area contributed by atoms with Crippen LogP contribution in [0.1, 0.15) is 12.3 Å². The maximum atomic E-state index is 11.7. The van der Waals surface area contributed by atoms with E-state index in [9.17, 15) is 4.79 Å². The molecule has 8 heteroatoms. The summed E-state index contributed by atoms with van der Waals surface area (Å²) in [6, 6.07) is 9.79. The second-order valence-corrected chi connectivity index (χ2v) is 5.08. The number of hydrogen-bond acceptors (Lipinski definition) is 5. The third kappa shape index (κ3) is 8.88. The fourth-order valence-corrected chi connectivity index (χ4v) is 2.06. The van der Waals surface area contributed by atoms with Crippen molar-refractivity contribution in [3.63, 3.8) is 0 Å². The second-order valence-electron chi connectivity index (χ2n) is 5.08. The number of aryl methyl sites for hydroxylation is 1. The van der Waals surface area contributed by atoms with Gasteiger partial charge in [-0.2, -0.15) is 0 Å². The molecule has 6 nitrogen and oxygen atoms in total. The van der Waals surface area contributed by atoms with Crippen LogP contribution in [-0.4, -0.2) is 44.2 Å². The van der Waals surface area contributed by atoms with Gasteiger partial charge in [0.1, 0.15) is 0 Å². The summed E-state index contributed by atoms with van der Waals surface area (Å²) in [5, 5.41) is 6.02. The summed E-state index contributed by atoms with van der Waals surface area (Å²) in [6.45, 7) is 2.78. The molecule has 0 aliphatic rings. The number of ether oxygens (including phenoxy) is 1. The van der Waals surface area contributed by atoms with Gasteiger partial charge in [-0.15, -0.1) is 24.8 Å². The maximum absolute atomic E-state index is 11.7. The normalized spacial score (nSPS) is 9.80. The number of halogens is 2. The van der Waals surface area contributed by atoms with Gasteiger partial charge in [-0.05, 0) is 0 Å². The van der Waals surface area contributed by atoms with Crippen LogP contribution in [0.25, 0.3) is 11.3 Å². The minimum atomic E-state index is -0.00185. The van der Waals surface area contributed by atoms with E-state index in [0.29, 0.717) is 31.9 Å². The van der Waals surface area contributed by atoms with Gasteiger partial charge in [-0.25, -0.2) is 4.98 Å². The van der Waals surface area contributed by atoms with Gasteiger partial charge in [-0.3, -0.25) is 4.79 Å². The Hall–Kier alpha value is -1.60. The molecular formula is C17H25Cl2N3O3. The van der Waals surface area contributed by atoms with Crippen molar-refractivity contribution in [3.05, 3.63) is 42.4 Å². The highest BCUT2D eigenvalue weighted by molar-refractivity contribution is 5.85. The van der Waals surface area contributed by atoms with Crippen molar-refractivity contribution in [3.8, 4) is 11.3 Å². The van der Waals surface area contributed by atoms with Gasteiger partial charge in [0.2, 0.25) is 5.91 Å². The summed E-state index contributed by atoms with van der Waals surface area (Å²) in [6.07, 6.45) is 2.56. The van der Waals surface area contributed by atoms with Crippen molar-refractivity contribution in [2.75, 3.05) is 33.4 Å². The highest BCUT2D eigenvalue weighted by Crippen LogP contribution is 2.20. The van der Waals surface area contributed by atoms with Crippen LogP contribution in [0.2, 0.25) is 0 Å². The lowest BCUT2D eigenvalue weighted by molar-refractivity contribution is -0.121. The second kappa shape index (κ2) is 13.7. The fourth-order valence-electron chi connectivity index (χ4n) is 2.06. The largest absolute Gasteiger partial charge is 0.441 e. The Kier molecular flexibility index (Phi) is 12.8. The van der Waals surface area contributed by atoms with Gasteiger partial charge in [-0.1, -0.05) is 30.3 Å². The van der Waals surface area contributed by atoms with Crippen LogP contribution in [0.5, 0.6) is 0 Å². The van der Waals surface area contributed by atoms with Gasteiger partial charge < -0.3 is 19.8 Å². The minimum absolute atomic E-state index is 0. The van der Waals surface area contributed by atoms with E-state index in [0.717, 1.165) is 24.4 Å². The minimum Gasteiger partial charge on any atom is -0.441 e. The van der Waals surface area contributed by atoms with Gasteiger partial charge in [0.25, 0.3) is 0 Å². The van der Waals surface area contributed by atoms with Crippen LogP contribution in [0, 0.1) is 0 Å². The Bertz CT molecular complexity index is 594. The van der Waals surface area contributed by atoms with Gasteiger partial charge in [0, 0.05) is 45.1 Å². The maximum Gasteiger partial charge on any atom is 0.220 e. The van der Waals surface area contributed by atoms with Crippen molar-refractivity contribution in [2.24, 2.45) is 0 Å². The van der Waals surface area contributed by atoms with Crippen molar-refractivity contribution in [1.29, 1.82) is 0 Å². The summed E-state index contributed by atoms with van der Waals surface area (Å²) >= 11 is 0. The Balaban J connectivity index is 0.00000288. The molecule has 2 aromatic rings. The standard InChI is InChI=1S/C17H23N3O3.2ClH/c1-22-12-11-18-9-10-19-16(21)7-8-17-20-13-15(23-17)14-5-3-2-4-6-14;;/h2-6,13,18H,7-12H2,1H3,(H,19,21);2*1H. The smallest absolute Gasteiger partial charge is 0.220 e. The van der Waals surface area contributed by atoms with E-state index in [1.807, 2.05) is 30.3 Å². The number of nitrogens with zero attached hydrogens (tertiary/aromatic N) is 1. The molecule has 0 saturated carbocycles. The zero-order chi connectivity index (χ0) is 16.3. The molecule has 2 N–H and O–H groups in total. The predicted octanol–water partition coefficient (Wildman–Crippen LogP) is 2.47. The molecule has 1 heterocycles. The molecule has 0 spiro atoms. The number of aromatic nitrogens is 1. The molecule has 0 fully saturated rings. The predicted molar refractivity (Wildman–Crippen MR) is 103 cm³/mol. The third-order valence-electron chi connectivity index (χ3n) is 3.28. The summed E-state index contributed by atoms with van der Waals surface area (Å²) < 4.78 is 10.6. The Labute approximate surface area is 160 Å². The molecule has 1 aromatic heterocycles. The number of rotatable bonds is 10. The van der Waals surface area contributed by atoms with Crippen LogP contribution in [0.4, 0.5) is 0 Å². The summed E-state index contributed by atoms with van der Waals surface area (Å²) in [5.74, 6) is 1.30. The lowest BCUT2D eigenvalue weighted by atomic mass is 10.2. The van der Waals surface area contributed by atoms with E-state index in [1.165, 1.54) is 0 Å². The first-order valence-electron chi connectivity index (χ1n) is 7.76. The number of amides is 1. The molecule has 0 aliphatic carbocycles. The number of hydrogen-bond donors (Lipinski definition) is 2. The number of carbonyl (C=O) groups excluding carboxylic acids is 1. The number of oxazole rings is 1. The molecule has 2 rings (SSSR count). The van der Waals surface area contributed by atoms with Crippen LogP contribution in [-0.2, 0) is 16.0 Å². The first-order valence-corrected chi connectivity index (χ1v) is 7.76. The van der Waals surface area contributed by atoms with Gasteiger partial charge >= 0.3 is 0 Å². The van der Waals surface area contributed by atoms with Crippen molar-refractivity contribution < 1.29 is 13.9 Å². The average molecular weight is 390 g/mol. The zero-order valence-electron chi connectivity index (χ0n) is 14.2. The monoisotopic (exact) mass is 389 g/mol. The molecule has 0 saturated heterocycles. The molecular weight excluding hydrogens is 365 g/mol. The Morgan fingerprint density at radius 2 is 1.92 bits per heavy atom. The summed E-state index contributed by atoms with van der Waals surface area (Å²) in [7, 11) is 1.66. The van der Waals surface area contributed by atoms with Crippen molar-refractivity contribution in [2.45, 2.75) is 12.8 Å². The number of carbonyl (C=O) groups is 1. The van der Waals surface area contributed by atoms with E-state index in [4.69, 9.17) is 9.15 Å². The average Bonchev–Trinajstić information content (AvgIpc) is 3.06. The lowest BCUT2D eigenvalue weighted by Gasteiger charge is -2.05. The van der Waals surface area contributed by atoms with E-state index < -0.39 is 0 Å². The van der Waals surface area contributed by atoms with Crippen LogP contribution >= 0.6 is 24.8 Å². The topological polar surface area (TPSA) is 76.4 Å². The molecule has 1 aromatic carbocycles. The third-order valence-corrected chi connectivity index (χ3v) is 3.28. The summed E-state index contributed by atoms with van der Waals surface area (Å²) in [5.41, 5.74) is 0.984. The van der Waals surface area contributed by atoms with E-state index in [-0.39, 0.29) is 30.7 Å². The van der Waals surface area contributed by atoms with Gasteiger partial charge in [0.15, 0.2) is 11.7 Å². The molecule has 0 atom stereocenters. The fraction of sp³-hybridized carbons (Fsp3) is 0.412. The highest BCUT2D eigenvalue weighted by Gasteiger charge is 2.08. The highest BCUT2D eigenvalue weighted by atomic mass is 35.5. The molecule has 1 amide bonds. The first kappa shape index (κ1) is 23.4. The number of methoxy groups -OCH3 is 1. The quantitative estimate of drug-likeness (QED) is 0.610. The van der Waals surface area contributed by atoms with Crippen molar-refractivity contribution >= 4 is 30.7 Å². The summed E-state index contributed by atoms with van der Waals surface area (Å²) in [4.78, 5) is 16.0. The SMILES string of the molecule is COCCNCCNC(=O)CCc1ncc(-c2ccccc2)o1.Cl.Cl. The molecule has 25 heavy (non-hydrogen) atoms. The van der Waals surface area contributed by atoms with E-state index in [2.05, 4.69) is 15.6 Å². The number of nitrogens with one attached hydrogen (secondary N) is 2. The molecule has 0 bridgehead atoms. The van der Waals surface area contributed by atoms with Crippen LogP contribution < -0.4 is 10.6 Å². The van der Waals surface area contributed by atoms with Crippen LogP contribution in [0.15, 0.2) is 40.9 Å². The molecule has 0 radical (unpaired) electrons. The van der Waals surface area contributed by atoms with E-state index >= 15 is 0 Å². The lowest BCUT2D eigenvalue weighted by Crippen LogP contribution is -2.33. The Morgan fingerprint density at radius 1 is 1.16 bits per heavy atom. The van der Waals surface area contributed by atoms with E-state index in [1.54, 1.807) is 13.3 Å². The molecule has 0 unspecified atom stereocenters. The Morgan fingerprint density at radius 3 is 2.64 bits per heavy atom.